The van der Waals surface area contributed by atoms with E-state index in [2.05, 4.69) is 36.4 Å². The Hall–Kier alpha value is -4.62. The zero-order chi connectivity index (χ0) is 24.1. The molecule has 0 unspecified atom stereocenters. The zero-order valence-electron chi connectivity index (χ0n) is 19.1. The molecule has 178 valence electrons. The van der Waals surface area contributed by atoms with Crippen molar-refractivity contribution in [2.45, 2.75) is 13.1 Å². The van der Waals surface area contributed by atoms with Crippen molar-refractivity contribution in [2.24, 2.45) is 0 Å². The van der Waals surface area contributed by atoms with Crippen molar-refractivity contribution in [3.05, 3.63) is 41.5 Å². The van der Waals surface area contributed by atoms with Crippen LogP contribution in [0.2, 0.25) is 0 Å². The molecule has 4 aromatic rings. The van der Waals surface area contributed by atoms with Crippen molar-refractivity contribution in [3.63, 3.8) is 0 Å². The first kappa shape index (κ1) is 22.6. The van der Waals surface area contributed by atoms with E-state index in [0.717, 1.165) is 11.1 Å². The average molecular weight is 468 g/mol. The second-order valence-electron chi connectivity index (χ2n) is 6.99. The van der Waals surface area contributed by atoms with Gasteiger partial charge in [-0.3, -0.25) is 0 Å². The largest absolute Gasteiger partial charge is 0.496 e. The SMILES string of the molecule is COc1ccc(CNn2nnnc2N)cc1Cn1nnc(-c2cc(OC)c(OC)c(OC)c2)n1. The Labute approximate surface area is 194 Å². The third kappa shape index (κ3) is 4.60. The number of hydrogen-bond acceptors (Lipinski definition) is 12. The van der Waals surface area contributed by atoms with Crippen LogP contribution >= 0.6 is 0 Å². The van der Waals surface area contributed by atoms with Gasteiger partial charge in [0.2, 0.25) is 11.6 Å². The van der Waals surface area contributed by atoms with Crippen LogP contribution in [0.3, 0.4) is 0 Å². The summed E-state index contributed by atoms with van der Waals surface area (Å²) in [4.78, 5) is 2.78. The van der Waals surface area contributed by atoms with Gasteiger partial charge in [-0.25, -0.2) is 0 Å². The molecule has 0 radical (unpaired) electrons. The molecule has 14 heteroatoms. The number of anilines is 1. The molecule has 4 rings (SSSR count). The Bertz CT molecular complexity index is 1250. The Morgan fingerprint density at radius 2 is 1.62 bits per heavy atom. The summed E-state index contributed by atoms with van der Waals surface area (Å²) >= 11 is 0. The third-order valence-corrected chi connectivity index (χ3v) is 4.96. The lowest BCUT2D eigenvalue weighted by atomic mass is 10.1. The predicted molar refractivity (Wildman–Crippen MR) is 120 cm³/mol. The number of benzene rings is 2. The summed E-state index contributed by atoms with van der Waals surface area (Å²) < 4.78 is 21.7. The van der Waals surface area contributed by atoms with Gasteiger partial charge >= 0.3 is 0 Å². The van der Waals surface area contributed by atoms with Gasteiger partial charge in [0, 0.05) is 11.1 Å². The van der Waals surface area contributed by atoms with Gasteiger partial charge in [0.05, 0.1) is 41.5 Å². The van der Waals surface area contributed by atoms with Crippen molar-refractivity contribution in [2.75, 3.05) is 39.6 Å². The van der Waals surface area contributed by atoms with E-state index < -0.39 is 0 Å². The van der Waals surface area contributed by atoms with Crippen LogP contribution in [-0.2, 0) is 13.1 Å². The first-order valence-electron chi connectivity index (χ1n) is 10.1. The second kappa shape index (κ2) is 9.89. The molecule has 0 saturated carbocycles. The van der Waals surface area contributed by atoms with Gasteiger partial charge in [-0.15, -0.1) is 15.0 Å². The average Bonchev–Trinajstić information content (AvgIpc) is 3.50. The summed E-state index contributed by atoms with van der Waals surface area (Å²) in [5.74, 6) is 2.75. The highest BCUT2D eigenvalue weighted by Crippen LogP contribution is 2.40. The molecule has 2 heterocycles. The lowest BCUT2D eigenvalue weighted by molar-refractivity contribution is 0.324. The minimum Gasteiger partial charge on any atom is -0.496 e. The molecular weight excluding hydrogens is 444 g/mol. The fraction of sp³-hybridized carbons (Fsp3) is 0.300. The van der Waals surface area contributed by atoms with Gasteiger partial charge in [0.25, 0.3) is 5.95 Å². The number of rotatable bonds is 10. The maximum atomic E-state index is 5.68. The van der Waals surface area contributed by atoms with Crippen molar-refractivity contribution >= 4 is 5.95 Å². The Balaban J connectivity index is 1.56. The van der Waals surface area contributed by atoms with E-state index in [-0.39, 0.29) is 5.95 Å². The smallest absolute Gasteiger partial charge is 0.260 e. The van der Waals surface area contributed by atoms with Crippen molar-refractivity contribution < 1.29 is 18.9 Å². The number of nitrogens with zero attached hydrogens (tertiary/aromatic N) is 8. The summed E-state index contributed by atoms with van der Waals surface area (Å²) in [7, 11) is 6.25. The van der Waals surface area contributed by atoms with Crippen LogP contribution in [0.4, 0.5) is 5.95 Å². The molecule has 0 fully saturated rings. The van der Waals surface area contributed by atoms with Crippen molar-refractivity contribution in [1.82, 2.24) is 40.5 Å². The van der Waals surface area contributed by atoms with Crippen molar-refractivity contribution in [3.8, 4) is 34.4 Å². The van der Waals surface area contributed by atoms with Crippen LogP contribution in [0.25, 0.3) is 11.4 Å². The van der Waals surface area contributed by atoms with Gasteiger partial charge in [-0.1, -0.05) is 11.2 Å². The Kier molecular flexibility index (Phi) is 6.57. The number of methoxy groups -OCH3 is 4. The second-order valence-corrected chi connectivity index (χ2v) is 6.99. The van der Waals surface area contributed by atoms with E-state index in [1.807, 2.05) is 18.2 Å². The molecule has 0 aliphatic rings. The van der Waals surface area contributed by atoms with Crippen LogP contribution < -0.4 is 30.1 Å². The number of ether oxygens (including phenoxy) is 4. The molecule has 0 spiro atoms. The highest BCUT2D eigenvalue weighted by atomic mass is 16.5. The van der Waals surface area contributed by atoms with E-state index >= 15 is 0 Å². The number of nitrogens with one attached hydrogen (secondary N) is 1. The fourth-order valence-corrected chi connectivity index (χ4v) is 3.33. The molecule has 2 aromatic carbocycles. The zero-order valence-corrected chi connectivity index (χ0v) is 19.1. The topological polar surface area (TPSA) is 162 Å². The van der Waals surface area contributed by atoms with Gasteiger partial charge in [0.1, 0.15) is 5.75 Å². The molecule has 0 aliphatic carbocycles. The monoisotopic (exact) mass is 468 g/mol. The molecular formula is C20H24N10O4. The maximum absolute atomic E-state index is 5.68. The van der Waals surface area contributed by atoms with Crippen LogP contribution in [0.15, 0.2) is 30.3 Å². The highest BCUT2D eigenvalue weighted by Gasteiger charge is 2.17. The van der Waals surface area contributed by atoms with Gasteiger partial charge < -0.3 is 30.1 Å². The summed E-state index contributed by atoms with van der Waals surface area (Å²) in [6.45, 7) is 0.773. The Morgan fingerprint density at radius 1 is 0.882 bits per heavy atom. The van der Waals surface area contributed by atoms with E-state index in [1.54, 1.807) is 40.6 Å². The van der Waals surface area contributed by atoms with Crippen LogP contribution in [0, 0.1) is 0 Å². The summed E-state index contributed by atoms with van der Waals surface area (Å²) in [5, 5.41) is 23.8. The van der Waals surface area contributed by atoms with E-state index in [0.29, 0.717) is 47.5 Å². The molecule has 34 heavy (non-hydrogen) atoms. The Morgan fingerprint density at radius 3 is 2.24 bits per heavy atom. The number of nitrogens with two attached hydrogens (primary N) is 1. The first-order chi connectivity index (χ1) is 16.6. The van der Waals surface area contributed by atoms with Crippen LogP contribution in [0.1, 0.15) is 11.1 Å². The molecule has 0 atom stereocenters. The standard InChI is InChI=1S/C20H24N10O4/c1-31-15-6-5-12(10-22-30-20(21)24-26-28-30)7-14(15)11-29-25-19(23-27-29)13-8-16(32-2)18(34-4)17(9-13)33-3/h5-9,22H,10-11H2,1-4H3,(H2,21,24,28). The molecule has 0 bridgehead atoms. The lowest BCUT2D eigenvalue weighted by Crippen LogP contribution is -2.18. The van der Waals surface area contributed by atoms with Gasteiger partial charge in [0.15, 0.2) is 11.5 Å². The molecule has 2 aromatic heterocycles. The molecule has 14 nitrogen and oxygen atoms in total. The van der Waals surface area contributed by atoms with Crippen LogP contribution in [0.5, 0.6) is 23.0 Å². The fourth-order valence-electron chi connectivity index (χ4n) is 3.33. The normalized spacial score (nSPS) is 10.7. The summed E-state index contributed by atoms with van der Waals surface area (Å²) in [5.41, 5.74) is 11.2. The number of tetrazole rings is 2. The van der Waals surface area contributed by atoms with E-state index in [4.69, 9.17) is 24.7 Å². The molecule has 0 amide bonds. The summed E-state index contributed by atoms with van der Waals surface area (Å²) in [6, 6.07) is 9.29. The number of nitrogen functional groups attached to an aromatic ring is 1. The van der Waals surface area contributed by atoms with Crippen LogP contribution in [-0.4, -0.2) is 69.0 Å². The van der Waals surface area contributed by atoms with Gasteiger partial charge in [-0.2, -0.15) is 4.80 Å². The molecule has 0 aliphatic heterocycles. The molecule has 0 saturated heterocycles. The number of aromatic nitrogens is 8. The minimum absolute atomic E-state index is 0.167. The highest BCUT2D eigenvalue weighted by molar-refractivity contribution is 5.66. The summed E-state index contributed by atoms with van der Waals surface area (Å²) in [6.07, 6.45) is 0. The predicted octanol–water partition coefficient (Wildman–Crippen LogP) is 0.735. The maximum Gasteiger partial charge on any atom is 0.260 e. The van der Waals surface area contributed by atoms with E-state index in [1.165, 1.54) is 9.59 Å². The first-order valence-corrected chi connectivity index (χ1v) is 10.1. The third-order valence-electron chi connectivity index (χ3n) is 4.96. The van der Waals surface area contributed by atoms with Gasteiger partial charge in [-0.05, 0) is 45.5 Å². The van der Waals surface area contributed by atoms with Crippen molar-refractivity contribution in [1.29, 1.82) is 0 Å². The minimum atomic E-state index is 0.167. The quantitative estimate of drug-likeness (QED) is 0.336. The molecule has 3 N–H and O–H groups in total. The number of hydrogen-bond donors (Lipinski definition) is 2. The van der Waals surface area contributed by atoms with E-state index in [9.17, 15) is 0 Å². The lowest BCUT2D eigenvalue weighted by Gasteiger charge is -2.13.